The Labute approximate surface area is 129 Å². The fourth-order valence-corrected chi connectivity index (χ4v) is 3.81. The molecule has 2 heterocycles. The number of amides is 4. The number of hydrogen-bond donors (Lipinski definition) is 2. The molecule has 0 radical (unpaired) electrons. The van der Waals surface area contributed by atoms with Crippen molar-refractivity contribution in [1.29, 1.82) is 0 Å². The van der Waals surface area contributed by atoms with Crippen LogP contribution in [0.5, 0.6) is 0 Å². The summed E-state index contributed by atoms with van der Waals surface area (Å²) in [6.07, 6.45) is 3.01. The lowest BCUT2D eigenvalue weighted by atomic mass is 9.81. The van der Waals surface area contributed by atoms with Crippen LogP contribution in [0.15, 0.2) is 30.3 Å². The number of rotatable bonds is 2. The van der Waals surface area contributed by atoms with Crippen molar-refractivity contribution in [3.8, 4) is 0 Å². The summed E-state index contributed by atoms with van der Waals surface area (Å²) in [4.78, 5) is 37.2. The third-order valence-electron chi connectivity index (χ3n) is 4.92. The van der Waals surface area contributed by atoms with Gasteiger partial charge in [0.15, 0.2) is 0 Å². The number of benzene rings is 1. The van der Waals surface area contributed by atoms with Gasteiger partial charge in [0.05, 0.1) is 20.1 Å². The van der Waals surface area contributed by atoms with Gasteiger partial charge in [0.25, 0.3) is 5.54 Å². The number of quaternary nitrogens is 1. The van der Waals surface area contributed by atoms with Crippen LogP contribution in [0.25, 0.3) is 0 Å². The quantitative estimate of drug-likeness (QED) is 0.629. The molecule has 0 saturated carbocycles. The van der Waals surface area contributed by atoms with Crippen LogP contribution in [0.2, 0.25) is 0 Å². The smallest absolute Gasteiger partial charge is 0.301 e. The van der Waals surface area contributed by atoms with Crippen molar-refractivity contribution in [2.24, 2.45) is 0 Å². The Morgan fingerprint density at radius 2 is 1.45 bits per heavy atom. The molecule has 6 nitrogen and oxygen atoms in total. The van der Waals surface area contributed by atoms with Gasteiger partial charge < -0.3 is 4.48 Å². The number of nitrogens with zero attached hydrogens (tertiary/aromatic N) is 1. The normalized spacial score (nSPS) is 23.6. The molecule has 4 amide bonds. The highest BCUT2D eigenvalue weighted by molar-refractivity contribution is 6.21. The largest absolute Gasteiger partial charge is 0.328 e. The van der Waals surface area contributed by atoms with Crippen LogP contribution in [-0.2, 0) is 15.1 Å². The molecule has 0 aliphatic carbocycles. The highest BCUT2D eigenvalue weighted by Gasteiger charge is 2.64. The predicted octanol–water partition coefficient (Wildman–Crippen LogP) is 0.878. The van der Waals surface area contributed by atoms with E-state index in [1.807, 2.05) is 25.2 Å². The van der Waals surface area contributed by atoms with Crippen LogP contribution in [0.3, 0.4) is 0 Å². The van der Waals surface area contributed by atoms with Gasteiger partial charge in [0.1, 0.15) is 0 Å². The van der Waals surface area contributed by atoms with Crippen LogP contribution in [0, 0.1) is 0 Å². The number of barbiturate groups is 1. The van der Waals surface area contributed by atoms with Gasteiger partial charge in [-0.1, -0.05) is 30.3 Å². The van der Waals surface area contributed by atoms with Crippen LogP contribution in [0.1, 0.15) is 24.8 Å². The third kappa shape index (κ3) is 1.94. The first-order valence-electron chi connectivity index (χ1n) is 7.58. The van der Waals surface area contributed by atoms with E-state index in [9.17, 15) is 14.4 Å². The van der Waals surface area contributed by atoms with Crippen molar-refractivity contribution in [1.82, 2.24) is 10.6 Å². The molecule has 0 aromatic heterocycles. The van der Waals surface area contributed by atoms with E-state index in [4.69, 9.17) is 0 Å². The number of carbonyl (C=O) groups excluding carboxylic acids is 3. The summed E-state index contributed by atoms with van der Waals surface area (Å²) >= 11 is 0. The van der Waals surface area contributed by atoms with E-state index < -0.39 is 23.4 Å². The molecule has 0 spiro atoms. The first-order chi connectivity index (χ1) is 10.5. The average Bonchev–Trinajstić information content (AvgIpc) is 2.48. The molecule has 2 N–H and O–H groups in total. The van der Waals surface area contributed by atoms with Crippen molar-refractivity contribution in [3.63, 3.8) is 0 Å². The standard InChI is InChI=1S/C16H19N3O3/c1-19(10-6-3-7-11-19)16(12-8-4-2-5-9-12)13(20)17-15(22)18-14(16)21/h2,4-5,8-9H,3,6-7,10-11H2,1H3,(H-,17,18,20,21,22)/p+1. The number of likely N-dealkylation sites (tertiary alicyclic amines) is 1. The lowest BCUT2D eigenvalue weighted by Crippen LogP contribution is -2.77. The molecular formula is C16H20N3O3+. The van der Waals surface area contributed by atoms with Crippen LogP contribution in [-0.4, -0.2) is 42.5 Å². The molecule has 0 unspecified atom stereocenters. The van der Waals surface area contributed by atoms with Crippen molar-refractivity contribution in [2.75, 3.05) is 20.1 Å². The summed E-state index contributed by atoms with van der Waals surface area (Å²) in [6.45, 7) is 1.45. The Hall–Kier alpha value is -2.21. The molecule has 2 saturated heterocycles. The zero-order chi connectivity index (χ0) is 15.8. The molecular weight excluding hydrogens is 282 g/mol. The van der Waals surface area contributed by atoms with Crippen LogP contribution < -0.4 is 10.6 Å². The molecule has 2 aliphatic rings. The second-order valence-electron chi connectivity index (χ2n) is 6.22. The van der Waals surface area contributed by atoms with E-state index in [1.54, 1.807) is 12.1 Å². The maximum absolute atomic E-state index is 12.8. The van der Waals surface area contributed by atoms with Gasteiger partial charge in [0.2, 0.25) is 0 Å². The Morgan fingerprint density at radius 1 is 0.909 bits per heavy atom. The number of hydrogen-bond acceptors (Lipinski definition) is 3. The molecule has 1 aromatic carbocycles. The topological polar surface area (TPSA) is 75.3 Å². The average molecular weight is 302 g/mol. The Bertz CT molecular complexity index is 601. The summed E-state index contributed by atoms with van der Waals surface area (Å²) < 4.78 is 0.294. The zero-order valence-electron chi connectivity index (χ0n) is 12.6. The fraction of sp³-hybridized carbons (Fsp3) is 0.438. The van der Waals surface area contributed by atoms with Crippen LogP contribution in [0.4, 0.5) is 4.79 Å². The van der Waals surface area contributed by atoms with Gasteiger partial charge in [-0.15, -0.1) is 0 Å². The number of imide groups is 2. The SMILES string of the molecule is C[N+]1(C2(c3ccccc3)C(=O)NC(=O)NC2=O)CCCCC1. The van der Waals surface area contributed by atoms with Gasteiger partial charge in [-0.2, -0.15) is 0 Å². The van der Waals surface area contributed by atoms with E-state index >= 15 is 0 Å². The first kappa shape index (κ1) is 14.7. The maximum atomic E-state index is 12.8. The third-order valence-corrected chi connectivity index (χ3v) is 4.92. The zero-order valence-corrected chi connectivity index (χ0v) is 12.6. The Morgan fingerprint density at radius 3 is 2.00 bits per heavy atom. The highest BCUT2D eigenvalue weighted by atomic mass is 16.2. The van der Waals surface area contributed by atoms with E-state index in [0.29, 0.717) is 10.0 Å². The molecule has 3 rings (SSSR count). The first-order valence-corrected chi connectivity index (χ1v) is 7.58. The summed E-state index contributed by atoms with van der Waals surface area (Å²) in [5.74, 6) is -1.06. The molecule has 22 heavy (non-hydrogen) atoms. The van der Waals surface area contributed by atoms with Crippen molar-refractivity contribution in [2.45, 2.75) is 24.8 Å². The van der Waals surface area contributed by atoms with Gasteiger partial charge in [-0.25, -0.2) is 4.79 Å². The number of likely N-dealkylation sites (N-methyl/N-ethyl adjacent to an activating group) is 1. The molecule has 2 aliphatic heterocycles. The van der Waals surface area contributed by atoms with Gasteiger partial charge >= 0.3 is 17.8 Å². The summed E-state index contributed by atoms with van der Waals surface area (Å²) in [5, 5.41) is 4.59. The summed E-state index contributed by atoms with van der Waals surface area (Å²) in [6, 6.07) is 8.29. The monoisotopic (exact) mass is 302 g/mol. The second kappa shape index (κ2) is 5.21. The Balaban J connectivity index is 2.20. The molecule has 0 bridgehead atoms. The minimum Gasteiger partial charge on any atom is -0.301 e. The van der Waals surface area contributed by atoms with Gasteiger partial charge in [-0.05, 0) is 19.3 Å². The predicted molar refractivity (Wildman–Crippen MR) is 79.6 cm³/mol. The van der Waals surface area contributed by atoms with Gasteiger partial charge in [0, 0.05) is 5.56 Å². The number of carbonyl (C=O) groups is 3. The van der Waals surface area contributed by atoms with Crippen molar-refractivity contribution >= 4 is 17.8 Å². The van der Waals surface area contributed by atoms with Crippen molar-refractivity contribution < 1.29 is 18.9 Å². The number of piperidine rings is 1. The molecule has 1 aromatic rings. The summed E-state index contributed by atoms with van der Waals surface area (Å²) in [7, 11) is 1.93. The maximum Gasteiger partial charge on any atom is 0.328 e. The lowest BCUT2D eigenvalue weighted by molar-refractivity contribution is -0.950. The molecule has 2 fully saturated rings. The van der Waals surface area contributed by atoms with Crippen molar-refractivity contribution in [3.05, 3.63) is 35.9 Å². The van der Waals surface area contributed by atoms with E-state index in [2.05, 4.69) is 10.6 Å². The second-order valence-corrected chi connectivity index (χ2v) is 6.22. The number of nitrogens with one attached hydrogen (secondary N) is 2. The van der Waals surface area contributed by atoms with Gasteiger partial charge in [-0.3, -0.25) is 20.2 Å². The minimum atomic E-state index is -1.41. The molecule has 6 heteroatoms. The highest BCUT2D eigenvalue weighted by Crippen LogP contribution is 2.39. The van der Waals surface area contributed by atoms with E-state index in [1.165, 1.54) is 0 Å². The fourth-order valence-electron chi connectivity index (χ4n) is 3.81. The number of urea groups is 1. The summed E-state index contributed by atoms with van der Waals surface area (Å²) in [5.41, 5.74) is -0.780. The van der Waals surface area contributed by atoms with E-state index in [-0.39, 0.29) is 0 Å². The minimum absolute atomic E-state index is 0.294. The van der Waals surface area contributed by atoms with E-state index in [0.717, 1.165) is 32.4 Å². The Kier molecular flexibility index (Phi) is 3.48. The van der Waals surface area contributed by atoms with Crippen LogP contribution >= 0.6 is 0 Å². The lowest BCUT2D eigenvalue weighted by Gasteiger charge is -2.51. The molecule has 0 atom stereocenters. The molecule has 116 valence electrons.